The Balaban J connectivity index is 1.99. The predicted octanol–water partition coefficient (Wildman–Crippen LogP) is 1.02. The van der Waals surface area contributed by atoms with E-state index in [1.54, 1.807) is 0 Å². The Hall–Kier alpha value is -1.43. The fourth-order valence-corrected chi connectivity index (χ4v) is 2.77. The van der Waals surface area contributed by atoms with Crippen molar-refractivity contribution >= 4 is 5.91 Å². The van der Waals surface area contributed by atoms with Gasteiger partial charge < -0.3 is 15.6 Å². The van der Waals surface area contributed by atoms with Gasteiger partial charge in [-0.25, -0.2) is 0 Å². The highest BCUT2D eigenvalue weighted by molar-refractivity contribution is 5.79. The lowest BCUT2D eigenvalue weighted by molar-refractivity contribution is -0.125. The highest BCUT2D eigenvalue weighted by Crippen LogP contribution is 2.19. The minimum atomic E-state index is -0.126. The largest absolute Gasteiger partial charge is 0.346 e. The van der Waals surface area contributed by atoms with Crippen LogP contribution in [0.4, 0.5) is 0 Å². The summed E-state index contributed by atoms with van der Waals surface area (Å²) in [5.41, 5.74) is 5.71. The molecule has 1 aromatic heterocycles. The van der Waals surface area contributed by atoms with Crippen LogP contribution in [0.15, 0.2) is 0 Å². The molecule has 3 N–H and O–H groups in total. The van der Waals surface area contributed by atoms with Gasteiger partial charge in [-0.05, 0) is 25.7 Å². The van der Waals surface area contributed by atoms with Gasteiger partial charge in [-0.2, -0.15) is 0 Å². The number of aromatic nitrogens is 3. The zero-order chi connectivity index (χ0) is 14.7. The Morgan fingerprint density at radius 1 is 1.40 bits per heavy atom. The minimum Gasteiger partial charge on any atom is -0.346 e. The van der Waals surface area contributed by atoms with Gasteiger partial charge >= 0.3 is 0 Å². The molecule has 0 saturated carbocycles. The maximum absolute atomic E-state index is 12.3. The number of fused-ring (bicyclic) bond motifs is 1. The number of carbonyl (C=O) groups excluding carboxylic acids is 1. The van der Waals surface area contributed by atoms with Crippen LogP contribution in [0, 0.1) is 11.8 Å². The SMILES string of the molecule is CC(C)CC(CN)C(=O)NC(C)c1nnc2n1CCC2. The first-order chi connectivity index (χ1) is 9.52. The maximum Gasteiger partial charge on any atom is 0.224 e. The highest BCUT2D eigenvalue weighted by Gasteiger charge is 2.25. The van der Waals surface area contributed by atoms with Crippen molar-refractivity contribution in [2.75, 3.05) is 6.54 Å². The molecule has 0 saturated heterocycles. The Bertz CT molecular complexity index is 468. The second-order valence-corrected chi connectivity index (χ2v) is 6.02. The molecule has 0 aliphatic carbocycles. The fraction of sp³-hybridized carbons (Fsp3) is 0.786. The predicted molar refractivity (Wildman–Crippen MR) is 76.9 cm³/mol. The molecule has 20 heavy (non-hydrogen) atoms. The number of amides is 1. The number of nitrogens with two attached hydrogens (primary N) is 1. The van der Waals surface area contributed by atoms with Crippen molar-refractivity contribution < 1.29 is 4.79 Å². The van der Waals surface area contributed by atoms with E-state index < -0.39 is 0 Å². The fourth-order valence-electron chi connectivity index (χ4n) is 2.77. The average molecular weight is 279 g/mol. The van der Waals surface area contributed by atoms with Gasteiger partial charge in [-0.3, -0.25) is 4.79 Å². The lowest BCUT2D eigenvalue weighted by Gasteiger charge is -2.20. The summed E-state index contributed by atoms with van der Waals surface area (Å²) in [4.78, 5) is 12.3. The quantitative estimate of drug-likeness (QED) is 0.814. The molecule has 2 rings (SSSR count). The third-order valence-electron chi connectivity index (χ3n) is 3.80. The Labute approximate surface area is 120 Å². The number of aryl methyl sites for hydroxylation is 1. The normalized spacial score (nSPS) is 17.1. The van der Waals surface area contributed by atoms with Crippen molar-refractivity contribution in [3.63, 3.8) is 0 Å². The molecule has 1 aromatic rings. The molecular formula is C14H25N5O. The van der Waals surface area contributed by atoms with Gasteiger partial charge in [0.25, 0.3) is 0 Å². The summed E-state index contributed by atoms with van der Waals surface area (Å²) < 4.78 is 2.12. The Morgan fingerprint density at radius 3 is 2.80 bits per heavy atom. The molecule has 112 valence electrons. The third-order valence-corrected chi connectivity index (χ3v) is 3.80. The standard InChI is InChI=1S/C14H25N5O/c1-9(2)7-11(8-15)14(20)16-10(3)13-18-17-12-5-4-6-19(12)13/h9-11H,4-8,15H2,1-3H3,(H,16,20). The zero-order valence-electron chi connectivity index (χ0n) is 12.6. The van der Waals surface area contributed by atoms with Crippen LogP contribution in [0.5, 0.6) is 0 Å². The molecule has 1 aliphatic heterocycles. The molecule has 0 spiro atoms. The van der Waals surface area contributed by atoms with Gasteiger partial charge in [0.2, 0.25) is 5.91 Å². The topological polar surface area (TPSA) is 85.8 Å². The van der Waals surface area contributed by atoms with E-state index in [9.17, 15) is 4.79 Å². The van der Waals surface area contributed by atoms with Crippen molar-refractivity contribution in [1.82, 2.24) is 20.1 Å². The number of carbonyl (C=O) groups is 1. The summed E-state index contributed by atoms with van der Waals surface area (Å²) in [6, 6.07) is -0.122. The average Bonchev–Trinajstić information content (AvgIpc) is 2.97. The minimum absolute atomic E-state index is 0.0176. The molecule has 6 nitrogen and oxygen atoms in total. The van der Waals surface area contributed by atoms with Crippen LogP contribution >= 0.6 is 0 Å². The second-order valence-electron chi connectivity index (χ2n) is 6.02. The molecule has 0 aromatic carbocycles. The molecule has 2 unspecified atom stereocenters. The van der Waals surface area contributed by atoms with Crippen LogP contribution in [-0.4, -0.2) is 27.2 Å². The summed E-state index contributed by atoms with van der Waals surface area (Å²) in [7, 11) is 0. The molecule has 0 fully saturated rings. The monoisotopic (exact) mass is 279 g/mol. The highest BCUT2D eigenvalue weighted by atomic mass is 16.2. The van der Waals surface area contributed by atoms with E-state index in [1.165, 1.54) is 0 Å². The van der Waals surface area contributed by atoms with E-state index in [-0.39, 0.29) is 17.9 Å². The van der Waals surface area contributed by atoms with Crippen molar-refractivity contribution in [3.05, 3.63) is 11.6 Å². The summed E-state index contributed by atoms with van der Waals surface area (Å²) in [5.74, 6) is 2.23. The van der Waals surface area contributed by atoms with E-state index in [1.807, 2.05) is 6.92 Å². The first kappa shape index (κ1) is 15.0. The van der Waals surface area contributed by atoms with Crippen molar-refractivity contribution in [1.29, 1.82) is 0 Å². The van der Waals surface area contributed by atoms with Gasteiger partial charge in [-0.15, -0.1) is 10.2 Å². The number of hydrogen-bond donors (Lipinski definition) is 2. The maximum atomic E-state index is 12.3. The number of hydrogen-bond acceptors (Lipinski definition) is 4. The Morgan fingerprint density at radius 2 is 2.15 bits per heavy atom. The van der Waals surface area contributed by atoms with Crippen LogP contribution in [0.3, 0.4) is 0 Å². The van der Waals surface area contributed by atoms with Crippen molar-refractivity contribution in [2.45, 2.75) is 52.6 Å². The number of nitrogens with one attached hydrogen (secondary N) is 1. The molecule has 2 heterocycles. The summed E-state index contributed by atoms with van der Waals surface area (Å²) in [6.45, 7) is 7.49. The lowest BCUT2D eigenvalue weighted by Crippen LogP contribution is -2.38. The van der Waals surface area contributed by atoms with Crippen LogP contribution in [0.1, 0.15) is 51.3 Å². The molecule has 1 aliphatic rings. The van der Waals surface area contributed by atoms with E-state index in [4.69, 9.17) is 5.73 Å². The van der Waals surface area contributed by atoms with Gasteiger partial charge in [0.1, 0.15) is 5.82 Å². The van der Waals surface area contributed by atoms with Gasteiger partial charge in [0, 0.05) is 19.5 Å². The van der Waals surface area contributed by atoms with Crippen molar-refractivity contribution in [2.24, 2.45) is 17.6 Å². The molecule has 1 amide bonds. The molecule has 0 radical (unpaired) electrons. The lowest BCUT2D eigenvalue weighted by atomic mass is 9.96. The summed E-state index contributed by atoms with van der Waals surface area (Å²) >= 11 is 0. The number of rotatable bonds is 6. The van der Waals surface area contributed by atoms with Crippen LogP contribution in [0.2, 0.25) is 0 Å². The smallest absolute Gasteiger partial charge is 0.224 e. The summed E-state index contributed by atoms with van der Waals surface area (Å²) in [6.07, 6.45) is 2.90. The molecular weight excluding hydrogens is 254 g/mol. The summed E-state index contributed by atoms with van der Waals surface area (Å²) in [5, 5.41) is 11.4. The van der Waals surface area contributed by atoms with Crippen LogP contribution < -0.4 is 11.1 Å². The van der Waals surface area contributed by atoms with Crippen molar-refractivity contribution in [3.8, 4) is 0 Å². The van der Waals surface area contributed by atoms with E-state index >= 15 is 0 Å². The van der Waals surface area contributed by atoms with Crippen LogP contribution in [0.25, 0.3) is 0 Å². The van der Waals surface area contributed by atoms with E-state index in [0.717, 1.165) is 37.5 Å². The van der Waals surface area contributed by atoms with Crippen LogP contribution in [-0.2, 0) is 17.8 Å². The Kier molecular flexibility index (Phi) is 4.75. The second kappa shape index (κ2) is 6.35. The first-order valence-corrected chi connectivity index (χ1v) is 7.45. The third kappa shape index (κ3) is 3.17. The van der Waals surface area contributed by atoms with Gasteiger partial charge in [-0.1, -0.05) is 13.8 Å². The van der Waals surface area contributed by atoms with Gasteiger partial charge in [0.05, 0.1) is 12.0 Å². The molecule has 6 heteroatoms. The van der Waals surface area contributed by atoms with Gasteiger partial charge in [0.15, 0.2) is 5.82 Å². The number of nitrogens with zero attached hydrogens (tertiary/aromatic N) is 3. The molecule has 0 bridgehead atoms. The molecule has 2 atom stereocenters. The van der Waals surface area contributed by atoms with E-state index in [0.29, 0.717) is 12.5 Å². The first-order valence-electron chi connectivity index (χ1n) is 7.45. The zero-order valence-corrected chi connectivity index (χ0v) is 12.6. The van der Waals surface area contributed by atoms with E-state index in [2.05, 4.69) is 33.9 Å².